The van der Waals surface area contributed by atoms with Gasteiger partial charge in [0.25, 0.3) is 0 Å². The molecular formula is C47H41N5. The summed E-state index contributed by atoms with van der Waals surface area (Å²) in [7, 11) is 0. The second kappa shape index (κ2) is 13.8. The van der Waals surface area contributed by atoms with E-state index in [1.165, 1.54) is 44.9 Å². The first kappa shape index (κ1) is 31.8. The van der Waals surface area contributed by atoms with Crippen molar-refractivity contribution in [3.8, 4) is 11.1 Å². The number of benzene rings is 5. The molecule has 0 amide bonds. The third-order valence-electron chi connectivity index (χ3n) is 10.5. The predicted molar refractivity (Wildman–Crippen MR) is 215 cm³/mol. The minimum absolute atomic E-state index is 0.243. The highest BCUT2D eigenvalue weighted by molar-refractivity contribution is 6.16. The van der Waals surface area contributed by atoms with Gasteiger partial charge in [0, 0.05) is 28.4 Å². The van der Waals surface area contributed by atoms with E-state index < -0.39 is 0 Å². The molecule has 5 aromatic carbocycles. The van der Waals surface area contributed by atoms with Gasteiger partial charge in [0.05, 0.1) is 5.70 Å². The lowest BCUT2D eigenvalue weighted by atomic mass is 9.84. The van der Waals surface area contributed by atoms with Crippen LogP contribution in [0.4, 0.5) is 5.69 Å². The van der Waals surface area contributed by atoms with Crippen LogP contribution in [0.5, 0.6) is 0 Å². The van der Waals surface area contributed by atoms with Crippen molar-refractivity contribution in [3.63, 3.8) is 0 Å². The zero-order valence-corrected chi connectivity index (χ0v) is 29.3. The van der Waals surface area contributed by atoms with E-state index in [4.69, 9.17) is 9.98 Å². The van der Waals surface area contributed by atoms with Crippen molar-refractivity contribution in [2.45, 2.75) is 44.4 Å². The van der Waals surface area contributed by atoms with Gasteiger partial charge in [-0.1, -0.05) is 146 Å². The highest BCUT2D eigenvalue weighted by atomic mass is 15.3. The summed E-state index contributed by atoms with van der Waals surface area (Å²) < 4.78 is 0. The molecule has 3 unspecified atom stereocenters. The van der Waals surface area contributed by atoms with Crippen LogP contribution in [0.25, 0.3) is 16.7 Å². The minimum atomic E-state index is -0.313. The van der Waals surface area contributed by atoms with Crippen molar-refractivity contribution >= 4 is 22.9 Å². The topological polar surface area (TPSA) is 52.0 Å². The van der Waals surface area contributed by atoms with Gasteiger partial charge in [-0.2, -0.15) is 0 Å². The molecule has 5 heteroatoms. The molecule has 4 aliphatic rings. The summed E-state index contributed by atoms with van der Waals surface area (Å²) in [5.74, 6) is 1.95. The van der Waals surface area contributed by atoms with Gasteiger partial charge in [-0.15, -0.1) is 0 Å². The first-order valence-electron chi connectivity index (χ1n) is 18.3. The quantitative estimate of drug-likeness (QED) is 0.181. The molecule has 0 radical (unpaired) electrons. The van der Waals surface area contributed by atoms with E-state index in [-0.39, 0.29) is 12.3 Å². The Labute approximate surface area is 306 Å². The summed E-state index contributed by atoms with van der Waals surface area (Å²) in [5.41, 5.74) is 13.4. The van der Waals surface area contributed by atoms with Crippen molar-refractivity contribution in [1.82, 2.24) is 10.6 Å². The maximum absolute atomic E-state index is 5.06. The fourth-order valence-electron chi connectivity index (χ4n) is 7.84. The number of hydrogen-bond donors (Lipinski definition) is 2. The van der Waals surface area contributed by atoms with Gasteiger partial charge in [-0.05, 0) is 77.8 Å². The number of aliphatic imine (C=N–C) groups is 2. The lowest BCUT2D eigenvalue weighted by Gasteiger charge is -2.28. The second-order valence-corrected chi connectivity index (χ2v) is 13.8. The maximum Gasteiger partial charge on any atom is 0.169 e. The SMILES string of the molecule is CC1NC2=C(CCC=C2)N1c1cccc(C2=CCC(c3ccccc3-c3ccc(C4=NC(c5ccccc5)N=C(c5ccccc5)N4)cc3)C=C2)c1. The van der Waals surface area contributed by atoms with Crippen molar-refractivity contribution in [3.05, 3.63) is 203 Å². The molecule has 0 fully saturated rings. The molecule has 0 saturated carbocycles. The first-order chi connectivity index (χ1) is 25.7. The van der Waals surface area contributed by atoms with Crippen molar-refractivity contribution in [2.24, 2.45) is 9.98 Å². The molecular weight excluding hydrogens is 635 g/mol. The predicted octanol–water partition coefficient (Wildman–Crippen LogP) is 10.3. The zero-order valence-electron chi connectivity index (χ0n) is 29.3. The van der Waals surface area contributed by atoms with Crippen LogP contribution in [-0.4, -0.2) is 17.8 Å². The minimum Gasteiger partial charge on any atom is -0.364 e. The fraction of sp³-hybridized carbons (Fsp3) is 0.149. The van der Waals surface area contributed by atoms with E-state index in [1.54, 1.807) is 0 Å². The van der Waals surface area contributed by atoms with Crippen LogP contribution < -0.4 is 15.5 Å². The molecule has 0 aromatic heterocycles. The Balaban J connectivity index is 0.948. The molecule has 9 rings (SSSR count). The van der Waals surface area contributed by atoms with Crippen molar-refractivity contribution in [2.75, 3.05) is 4.90 Å². The van der Waals surface area contributed by atoms with E-state index >= 15 is 0 Å². The van der Waals surface area contributed by atoms with Crippen LogP contribution in [0.3, 0.4) is 0 Å². The molecule has 2 aliphatic heterocycles. The first-order valence-corrected chi connectivity index (χ1v) is 18.3. The number of anilines is 1. The molecule has 254 valence electrons. The van der Waals surface area contributed by atoms with E-state index in [9.17, 15) is 0 Å². The normalized spacial score (nSPS) is 20.8. The van der Waals surface area contributed by atoms with Crippen molar-refractivity contribution < 1.29 is 0 Å². The Morgan fingerprint density at radius 3 is 2.13 bits per heavy atom. The van der Waals surface area contributed by atoms with Crippen LogP contribution >= 0.6 is 0 Å². The van der Waals surface area contributed by atoms with Crippen molar-refractivity contribution in [1.29, 1.82) is 0 Å². The molecule has 5 nitrogen and oxygen atoms in total. The summed E-state index contributed by atoms with van der Waals surface area (Å²) in [6.07, 6.45) is 14.7. The highest BCUT2D eigenvalue weighted by Crippen LogP contribution is 2.38. The average molecular weight is 676 g/mol. The Hall–Kier alpha value is -6.20. The van der Waals surface area contributed by atoms with Gasteiger partial charge < -0.3 is 15.5 Å². The second-order valence-electron chi connectivity index (χ2n) is 13.8. The fourth-order valence-corrected chi connectivity index (χ4v) is 7.84. The van der Waals surface area contributed by atoms with Crippen LogP contribution in [0.1, 0.15) is 66.1 Å². The molecule has 2 N–H and O–H groups in total. The Bertz CT molecular complexity index is 2290. The number of nitrogens with zero attached hydrogens (tertiary/aromatic N) is 3. The van der Waals surface area contributed by atoms with Crippen LogP contribution in [0.2, 0.25) is 0 Å². The largest absolute Gasteiger partial charge is 0.364 e. The van der Waals surface area contributed by atoms with Crippen LogP contribution in [0.15, 0.2) is 185 Å². The molecule has 52 heavy (non-hydrogen) atoms. The van der Waals surface area contributed by atoms with E-state index in [2.05, 4.69) is 150 Å². The number of rotatable bonds is 7. The molecule has 3 atom stereocenters. The van der Waals surface area contributed by atoms with E-state index in [0.717, 1.165) is 47.6 Å². The molecule has 0 spiro atoms. The Kier molecular flexibility index (Phi) is 8.45. The number of amidine groups is 2. The van der Waals surface area contributed by atoms with E-state index in [1.807, 2.05) is 36.4 Å². The molecule has 0 bridgehead atoms. The van der Waals surface area contributed by atoms with Gasteiger partial charge in [-0.25, -0.2) is 9.98 Å². The molecule has 2 heterocycles. The number of allylic oxidation sites excluding steroid dienone is 7. The smallest absolute Gasteiger partial charge is 0.169 e. The van der Waals surface area contributed by atoms with Gasteiger partial charge in [0.2, 0.25) is 0 Å². The van der Waals surface area contributed by atoms with Crippen LogP contribution in [0, 0.1) is 0 Å². The summed E-state index contributed by atoms with van der Waals surface area (Å²) in [5, 5.41) is 7.19. The van der Waals surface area contributed by atoms with E-state index in [0.29, 0.717) is 5.92 Å². The van der Waals surface area contributed by atoms with Crippen LogP contribution in [-0.2, 0) is 0 Å². The monoisotopic (exact) mass is 675 g/mol. The molecule has 2 aliphatic carbocycles. The standard InChI is InChI=1S/C47H41N5/c1-32-48-43-21-10-11-22-44(43)52(32)40-18-12-17-39(31-40)33-23-25-34(26-24-33)41-19-8-9-20-42(41)35-27-29-38(30-28-35)47-50-45(36-13-4-2-5-14-36)49-46(51-47)37-15-6-3-7-16-37/h2-10,12-21,23-25,27-32,34,45,48H,11,22,26H2,1H3,(H,49,50,51). The summed E-state index contributed by atoms with van der Waals surface area (Å²) in [6, 6.07) is 47.2. The lowest BCUT2D eigenvalue weighted by molar-refractivity contribution is 0.663. The molecule has 0 saturated heterocycles. The Morgan fingerprint density at radius 1 is 0.673 bits per heavy atom. The Morgan fingerprint density at radius 2 is 1.37 bits per heavy atom. The third kappa shape index (κ3) is 6.20. The number of nitrogens with one attached hydrogen (secondary N) is 2. The summed E-state index contributed by atoms with van der Waals surface area (Å²) in [4.78, 5) is 12.5. The van der Waals surface area contributed by atoms with Gasteiger partial charge in [0.15, 0.2) is 6.17 Å². The zero-order chi connectivity index (χ0) is 34.9. The lowest BCUT2D eigenvalue weighted by Crippen LogP contribution is -2.36. The van der Waals surface area contributed by atoms with Gasteiger partial charge in [0.1, 0.15) is 17.8 Å². The molecule has 5 aromatic rings. The average Bonchev–Trinajstić information content (AvgIpc) is 3.57. The number of hydrogen-bond acceptors (Lipinski definition) is 5. The maximum atomic E-state index is 5.06. The summed E-state index contributed by atoms with van der Waals surface area (Å²) >= 11 is 0. The summed E-state index contributed by atoms with van der Waals surface area (Å²) in [6.45, 7) is 2.24. The highest BCUT2D eigenvalue weighted by Gasteiger charge is 2.29. The third-order valence-corrected chi connectivity index (χ3v) is 10.5. The van der Waals surface area contributed by atoms with Gasteiger partial charge >= 0.3 is 0 Å². The van der Waals surface area contributed by atoms with Gasteiger partial charge in [-0.3, -0.25) is 0 Å².